The fourth-order valence-electron chi connectivity index (χ4n) is 2.75. The number of nitrogens with zero attached hydrogens (tertiary/aromatic N) is 2. The molecule has 3 rings (SSSR count). The zero-order valence-electron chi connectivity index (χ0n) is 13.0. The number of hydrogen-bond acceptors (Lipinski definition) is 4. The van der Waals surface area contributed by atoms with E-state index in [4.69, 9.17) is 4.74 Å². The van der Waals surface area contributed by atoms with Crippen LogP contribution in [0.5, 0.6) is 5.75 Å². The summed E-state index contributed by atoms with van der Waals surface area (Å²) >= 11 is 0. The van der Waals surface area contributed by atoms with Crippen LogP contribution in [0.1, 0.15) is 18.2 Å². The first kappa shape index (κ1) is 15.0. The van der Waals surface area contributed by atoms with Gasteiger partial charge in [-0.2, -0.15) is 0 Å². The second-order valence-electron chi connectivity index (χ2n) is 5.84. The van der Waals surface area contributed by atoms with E-state index in [1.54, 1.807) is 6.20 Å². The first-order chi connectivity index (χ1) is 10.8. The molecule has 4 heteroatoms. The van der Waals surface area contributed by atoms with Crippen molar-refractivity contribution < 1.29 is 4.74 Å². The summed E-state index contributed by atoms with van der Waals surface area (Å²) in [5.41, 5.74) is 2.28. The maximum absolute atomic E-state index is 5.77. The van der Waals surface area contributed by atoms with Crippen molar-refractivity contribution >= 4 is 0 Å². The van der Waals surface area contributed by atoms with Crippen LogP contribution in [0.2, 0.25) is 0 Å². The number of hydrogen-bond donors (Lipinski definition) is 1. The summed E-state index contributed by atoms with van der Waals surface area (Å²) in [4.78, 5) is 6.75. The molecule has 1 aromatic carbocycles. The quantitative estimate of drug-likeness (QED) is 0.920. The van der Waals surface area contributed by atoms with E-state index in [0.717, 1.165) is 37.6 Å². The Hall–Kier alpha value is -1.91. The average Bonchev–Trinajstić information content (AvgIpc) is 2.55. The van der Waals surface area contributed by atoms with Gasteiger partial charge in [-0.3, -0.25) is 9.88 Å². The second-order valence-corrected chi connectivity index (χ2v) is 5.84. The topological polar surface area (TPSA) is 37.4 Å². The third kappa shape index (κ3) is 4.29. The molecule has 1 aliphatic rings. The zero-order chi connectivity index (χ0) is 15.2. The van der Waals surface area contributed by atoms with E-state index in [2.05, 4.69) is 34.3 Å². The molecule has 116 valence electrons. The molecule has 2 aromatic rings. The van der Waals surface area contributed by atoms with Crippen molar-refractivity contribution in [1.82, 2.24) is 15.2 Å². The highest BCUT2D eigenvalue weighted by molar-refractivity contribution is 5.27. The van der Waals surface area contributed by atoms with Gasteiger partial charge in [-0.25, -0.2) is 0 Å². The van der Waals surface area contributed by atoms with Crippen molar-refractivity contribution in [2.24, 2.45) is 0 Å². The van der Waals surface area contributed by atoms with Crippen LogP contribution in [-0.4, -0.2) is 35.6 Å². The molecule has 0 spiro atoms. The summed E-state index contributed by atoms with van der Waals surface area (Å²) in [5, 5.41) is 3.47. The molecule has 1 fully saturated rings. The summed E-state index contributed by atoms with van der Waals surface area (Å²) in [6.45, 7) is 7.05. The number of benzene rings is 1. The third-order valence-electron chi connectivity index (χ3n) is 3.90. The Kier molecular flexibility index (Phi) is 5.03. The predicted octanol–water partition coefficient (Wildman–Crippen LogP) is 2.45. The summed E-state index contributed by atoms with van der Waals surface area (Å²) in [6.07, 6.45) is 1.79. The van der Waals surface area contributed by atoms with Gasteiger partial charge in [0.2, 0.25) is 0 Å². The van der Waals surface area contributed by atoms with Gasteiger partial charge in [0.05, 0.1) is 5.69 Å². The van der Waals surface area contributed by atoms with Gasteiger partial charge in [-0.05, 0) is 36.8 Å². The van der Waals surface area contributed by atoms with Crippen LogP contribution in [0.15, 0.2) is 48.7 Å². The van der Waals surface area contributed by atoms with Crippen LogP contribution < -0.4 is 10.1 Å². The normalized spacial score (nSPS) is 19.0. The van der Waals surface area contributed by atoms with Gasteiger partial charge in [-0.1, -0.05) is 18.2 Å². The van der Waals surface area contributed by atoms with Gasteiger partial charge in [0.1, 0.15) is 12.4 Å². The minimum absolute atomic E-state index is 0.509. The molecule has 1 N–H and O–H groups in total. The number of piperazine rings is 1. The van der Waals surface area contributed by atoms with Crippen LogP contribution in [0.3, 0.4) is 0 Å². The third-order valence-corrected chi connectivity index (χ3v) is 3.90. The number of aromatic nitrogens is 1. The summed E-state index contributed by atoms with van der Waals surface area (Å²) in [7, 11) is 0. The van der Waals surface area contributed by atoms with E-state index in [1.807, 2.05) is 30.3 Å². The number of ether oxygens (including phenoxy) is 1. The Morgan fingerprint density at radius 1 is 1.23 bits per heavy atom. The van der Waals surface area contributed by atoms with Crippen molar-refractivity contribution in [2.75, 3.05) is 19.6 Å². The summed E-state index contributed by atoms with van der Waals surface area (Å²) < 4.78 is 5.77. The van der Waals surface area contributed by atoms with Crippen LogP contribution in [0.4, 0.5) is 0 Å². The summed E-state index contributed by atoms with van der Waals surface area (Å²) in [5.74, 6) is 0.892. The van der Waals surface area contributed by atoms with Crippen molar-refractivity contribution in [3.63, 3.8) is 0 Å². The molecule has 0 radical (unpaired) electrons. The van der Waals surface area contributed by atoms with Crippen molar-refractivity contribution in [1.29, 1.82) is 0 Å². The van der Waals surface area contributed by atoms with Crippen LogP contribution >= 0.6 is 0 Å². The van der Waals surface area contributed by atoms with Gasteiger partial charge in [0, 0.05) is 38.4 Å². The van der Waals surface area contributed by atoms with Crippen LogP contribution in [-0.2, 0) is 13.2 Å². The van der Waals surface area contributed by atoms with E-state index in [0.29, 0.717) is 12.6 Å². The highest BCUT2D eigenvalue weighted by Gasteiger charge is 2.15. The second kappa shape index (κ2) is 7.38. The van der Waals surface area contributed by atoms with E-state index >= 15 is 0 Å². The molecule has 0 bridgehead atoms. The smallest absolute Gasteiger partial charge is 0.130 e. The fourth-order valence-corrected chi connectivity index (χ4v) is 2.75. The molecule has 1 atom stereocenters. The first-order valence-electron chi connectivity index (χ1n) is 7.87. The molecule has 1 aromatic heterocycles. The highest BCUT2D eigenvalue weighted by atomic mass is 16.5. The Morgan fingerprint density at radius 3 is 2.82 bits per heavy atom. The van der Waals surface area contributed by atoms with Gasteiger partial charge < -0.3 is 10.1 Å². The van der Waals surface area contributed by atoms with E-state index in [9.17, 15) is 0 Å². The lowest BCUT2D eigenvalue weighted by molar-refractivity contribution is 0.199. The van der Waals surface area contributed by atoms with Crippen molar-refractivity contribution in [2.45, 2.75) is 26.1 Å². The molecule has 0 aliphatic carbocycles. The highest BCUT2D eigenvalue weighted by Crippen LogP contribution is 2.15. The number of nitrogens with one attached hydrogen (secondary N) is 1. The molecule has 1 saturated heterocycles. The van der Waals surface area contributed by atoms with Crippen molar-refractivity contribution in [3.05, 3.63) is 59.9 Å². The SMILES string of the molecule is C[C@H]1CN(Cc2ccc(OCc3ccccn3)cc2)CCN1. The van der Waals surface area contributed by atoms with Crippen LogP contribution in [0.25, 0.3) is 0 Å². The minimum atomic E-state index is 0.509. The lowest BCUT2D eigenvalue weighted by Crippen LogP contribution is -2.48. The molecule has 0 unspecified atom stereocenters. The predicted molar refractivity (Wildman–Crippen MR) is 87.8 cm³/mol. The van der Waals surface area contributed by atoms with Crippen molar-refractivity contribution in [3.8, 4) is 5.75 Å². The largest absolute Gasteiger partial charge is 0.487 e. The Balaban J connectivity index is 1.51. The molecule has 4 nitrogen and oxygen atoms in total. The van der Waals surface area contributed by atoms with Gasteiger partial charge in [0.25, 0.3) is 0 Å². The Morgan fingerprint density at radius 2 is 2.09 bits per heavy atom. The van der Waals surface area contributed by atoms with E-state index in [1.165, 1.54) is 5.56 Å². The average molecular weight is 297 g/mol. The lowest BCUT2D eigenvalue weighted by atomic mass is 10.1. The Bertz CT molecular complexity index is 571. The van der Waals surface area contributed by atoms with Gasteiger partial charge in [0.15, 0.2) is 0 Å². The van der Waals surface area contributed by atoms with Gasteiger partial charge >= 0.3 is 0 Å². The first-order valence-corrected chi connectivity index (χ1v) is 7.87. The molecular weight excluding hydrogens is 274 g/mol. The Labute approximate surface area is 132 Å². The van der Waals surface area contributed by atoms with Gasteiger partial charge in [-0.15, -0.1) is 0 Å². The lowest BCUT2D eigenvalue weighted by Gasteiger charge is -2.31. The fraction of sp³-hybridized carbons (Fsp3) is 0.389. The molecule has 1 aliphatic heterocycles. The van der Waals surface area contributed by atoms with E-state index < -0.39 is 0 Å². The standard InChI is InChI=1S/C18H23N3O/c1-15-12-21(11-10-19-15)13-16-5-7-18(8-6-16)22-14-17-4-2-3-9-20-17/h2-9,15,19H,10-14H2,1H3/t15-/m0/s1. The molecule has 22 heavy (non-hydrogen) atoms. The molecule has 0 amide bonds. The molecule has 0 saturated carbocycles. The monoisotopic (exact) mass is 297 g/mol. The van der Waals surface area contributed by atoms with Crippen LogP contribution in [0, 0.1) is 0 Å². The molecular formula is C18H23N3O. The number of rotatable bonds is 5. The zero-order valence-corrected chi connectivity index (χ0v) is 13.0. The maximum Gasteiger partial charge on any atom is 0.130 e. The van der Waals surface area contributed by atoms with E-state index in [-0.39, 0.29) is 0 Å². The summed E-state index contributed by atoms with van der Waals surface area (Å²) in [6, 6.07) is 14.8. The minimum Gasteiger partial charge on any atom is -0.487 e. The maximum atomic E-state index is 5.77. The molecule has 2 heterocycles. The number of pyridine rings is 1.